The van der Waals surface area contributed by atoms with Gasteiger partial charge in [-0.25, -0.2) is 8.78 Å². The molecule has 0 bridgehead atoms. The van der Waals surface area contributed by atoms with E-state index in [4.69, 9.17) is 5.73 Å². The highest BCUT2D eigenvalue weighted by Crippen LogP contribution is 2.63. The first-order valence-corrected chi connectivity index (χ1v) is 4.04. The summed E-state index contributed by atoms with van der Waals surface area (Å²) >= 11 is 0. The van der Waals surface area contributed by atoms with Crippen LogP contribution in [-0.2, 0) is 0 Å². The van der Waals surface area contributed by atoms with Crippen LogP contribution in [0.4, 0.5) is 8.78 Å². The van der Waals surface area contributed by atoms with Crippen molar-refractivity contribution >= 4 is 0 Å². The summed E-state index contributed by atoms with van der Waals surface area (Å²) in [5.74, 6) is -2.47. The first-order chi connectivity index (χ1) is 4.87. The molecule has 0 saturated heterocycles. The molecule has 0 heterocycles. The van der Waals surface area contributed by atoms with E-state index in [9.17, 15) is 8.78 Å². The molecule has 3 heteroatoms. The molecule has 0 aromatic rings. The van der Waals surface area contributed by atoms with Gasteiger partial charge in [0, 0.05) is 18.4 Å². The van der Waals surface area contributed by atoms with Crippen LogP contribution < -0.4 is 5.73 Å². The second kappa shape index (κ2) is 1.60. The molecule has 11 heavy (non-hydrogen) atoms. The lowest BCUT2D eigenvalue weighted by Gasteiger charge is -2.49. The molecule has 2 aliphatic rings. The molecule has 2 saturated carbocycles. The largest absolute Gasteiger partial charge is 0.324 e. The molecule has 0 atom stereocenters. The third-order valence-corrected chi connectivity index (χ3v) is 3.35. The molecule has 0 aliphatic heterocycles. The molecule has 64 valence electrons. The number of nitrogens with two attached hydrogens (primary N) is 1. The molecule has 2 N–H and O–H groups in total. The first-order valence-electron chi connectivity index (χ1n) is 4.04. The summed E-state index contributed by atoms with van der Waals surface area (Å²) in [5, 5.41) is 0. The van der Waals surface area contributed by atoms with Crippen molar-refractivity contribution in [2.45, 2.75) is 44.1 Å². The maximum absolute atomic E-state index is 12.5. The Labute approximate surface area is 65.0 Å². The molecule has 0 amide bonds. The number of hydrogen-bond acceptors (Lipinski definition) is 1. The highest BCUT2D eigenvalue weighted by Gasteiger charge is 2.66. The van der Waals surface area contributed by atoms with Crippen molar-refractivity contribution in [3.05, 3.63) is 0 Å². The maximum Gasteiger partial charge on any atom is 0.251 e. The highest BCUT2D eigenvalue weighted by molar-refractivity contribution is 5.17. The van der Waals surface area contributed by atoms with Crippen LogP contribution in [0.5, 0.6) is 0 Å². The van der Waals surface area contributed by atoms with Gasteiger partial charge >= 0.3 is 0 Å². The van der Waals surface area contributed by atoms with E-state index < -0.39 is 11.5 Å². The lowest BCUT2D eigenvalue weighted by molar-refractivity contribution is -0.142. The topological polar surface area (TPSA) is 26.0 Å². The average Bonchev–Trinajstić information content (AvgIpc) is 2.43. The van der Waals surface area contributed by atoms with Gasteiger partial charge in [0.05, 0.1) is 0 Å². The molecule has 0 aromatic carbocycles. The molecular weight excluding hydrogens is 148 g/mol. The molecule has 0 spiro atoms. The molecule has 2 rings (SSSR count). The lowest BCUT2D eigenvalue weighted by atomic mass is 9.65. The Hall–Kier alpha value is -0.180. The van der Waals surface area contributed by atoms with Crippen molar-refractivity contribution in [1.82, 2.24) is 0 Å². The Bertz CT molecular complexity index is 188. The van der Waals surface area contributed by atoms with Crippen LogP contribution in [0.15, 0.2) is 0 Å². The van der Waals surface area contributed by atoms with Crippen molar-refractivity contribution < 1.29 is 8.78 Å². The number of alkyl halides is 2. The van der Waals surface area contributed by atoms with E-state index in [0.717, 1.165) is 12.8 Å². The summed E-state index contributed by atoms with van der Waals surface area (Å²) in [6.07, 6.45) is 1.85. The van der Waals surface area contributed by atoms with E-state index in [1.807, 2.05) is 6.92 Å². The van der Waals surface area contributed by atoms with Gasteiger partial charge in [-0.05, 0) is 18.3 Å². The fraction of sp³-hybridized carbons (Fsp3) is 1.00. The minimum absolute atomic E-state index is 0.0364. The summed E-state index contributed by atoms with van der Waals surface area (Å²) in [4.78, 5) is 0. The third kappa shape index (κ3) is 0.901. The summed E-state index contributed by atoms with van der Waals surface area (Å²) < 4.78 is 25.0. The number of rotatable bonds is 1. The predicted molar refractivity (Wildman–Crippen MR) is 38.4 cm³/mol. The van der Waals surface area contributed by atoms with Crippen molar-refractivity contribution in [3.8, 4) is 0 Å². The van der Waals surface area contributed by atoms with Crippen LogP contribution in [0.25, 0.3) is 0 Å². The van der Waals surface area contributed by atoms with Gasteiger partial charge in [0.15, 0.2) is 0 Å². The van der Waals surface area contributed by atoms with E-state index in [1.54, 1.807) is 0 Å². The van der Waals surface area contributed by atoms with E-state index in [-0.39, 0.29) is 18.3 Å². The van der Waals surface area contributed by atoms with Gasteiger partial charge in [-0.2, -0.15) is 0 Å². The average molecular weight is 161 g/mol. The van der Waals surface area contributed by atoms with Crippen molar-refractivity contribution in [2.24, 2.45) is 11.1 Å². The Balaban J connectivity index is 2.06. The van der Waals surface area contributed by atoms with Crippen LogP contribution in [-0.4, -0.2) is 11.5 Å². The monoisotopic (exact) mass is 161 g/mol. The van der Waals surface area contributed by atoms with Crippen molar-refractivity contribution in [1.29, 1.82) is 0 Å². The van der Waals surface area contributed by atoms with E-state index in [1.165, 1.54) is 0 Å². The first kappa shape index (κ1) is 7.47. The standard InChI is InChI=1S/C8H13F2N/c1-6(2-3-6)7(11)4-8(9,10)5-7/h2-5,11H2,1H3. The number of hydrogen-bond donors (Lipinski definition) is 1. The summed E-state index contributed by atoms with van der Waals surface area (Å²) in [6.45, 7) is 2.02. The van der Waals surface area contributed by atoms with Gasteiger partial charge < -0.3 is 5.73 Å². The SMILES string of the molecule is CC1(C2(N)CC(F)(F)C2)CC1. The maximum atomic E-state index is 12.5. The van der Waals surface area contributed by atoms with Gasteiger partial charge in [0.2, 0.25) is 0 Å². The smallest absolute Gasteiger partial charge is 0.251 e. The van der Waals surface area contributed by atoms with Crippen LogP contribution in [0.2, 0.25) is 0 Å². The fourth-order valence-electron chi connectivity index (χ4n) is 1.98. The van der Waals surface area contributed by atoms with Gasteiger partial charge in [-0.3, -0.25) is 0 Å². The van der Waals surface area contributed by atoms with E-state index >= 15 is 0 Å². The Morgan fingerprint density at radius 1 is 1.18 bits per heavy atom. The lowest BCUT2D eigenvalue weighted by Crippen LogP contribution is -2.62. The zero-order chi connectivity index (χ0) is 8.33. The van der Waals surface area contributed by atoms with Crippen LogP contribution in [0, 0.1) is 5.41 Å². The van der Waals surface area contributed by atoms with Gasteiger partial charge in [-0.15, -0.1) is 0 Å². The summed E-state index contributed by atoms with van der Waals surface area (Å²) in [5.41, 5.74) is 5.33. The second-order valence-corrected chi connectivity index (χ2v) is 4.43. The van der Waals surface area contributed by atoms with Crippen LogP contribution in [0.1, 0.15) is 32.6 Å². The quantitative estimate of drug-likeness (QED) is 0.624. The third-order valence-electron chi connectivity index (χ3n) is 3.35. The second-order valence-electron chi connectivity index (χ2n) is 4.43. The Kier molecular flexibility index (Phi) is 1.09. The minimum Gasteiger partial charge on any atom is -0.324 e. The Morgan fingerprint density at radius 3 is 1.91 bits per heavy atom. The summed E-state index contributed by atoms with van der Waals surface area (Å²) in [7, 11) is 0. The van der Waals surface area contributed by atoms with E-state index in [0.29, 0.717) is 0 Å². The zero-order valence-corrected chi connectivity index (χ0v) is 6.66. The number of halogens is 2. The predicted octanol–water partition coefficient (Wildman–Crippen LogP) is 1.91. The minimum atomic E-state index is -2.47. The molecule has 0 unspecified atom stereocenters. The normalized spacial score (nSPS) is 36.0. The van der Waals surface area contributed by atoms with E-state index in [2.05, 4.69) is 0 Å². The molecule has 2 fully saturated rings. The fourth-order valence-corrected chi connectivity index (χ4v) is 1.98. The zero-order valence-electron chi connectivity index (χ0n) is 6.66. The molecule has 0 aromatic heterocycles. The van der Waals surface area contributed by atoms with Crippen LogP contribution in [0.3, 0.4) is 0 Å². The van der Waals surface area contributed by atoms with Crippen molar-refractivity contribution in [2.75, 3.05) is 0 Å². The van der Waals surface area contributed by atoms with Crippen LogP contribution >= 0.6 is 0 Å². The highest BCUT2D eigenvalue weighted by atomic mass is 19.3. The molecule has 1 nitrogen and oxygen atoms in total. The molecule has 0 radical (unpaired) electrons. The Morgan fingerprint density at radius 2 is 1.64 bits per heavy atom. The van der Waals surface area contributed by atoms with Gasteiger partial charge in [-0.1, -0.05) is 6.92 Å². The van der Waals surface area contributed by atoms with Crippen molar-refractivity contribution in [3.63, 3.8) is 0 Å². The van der Waals surface area contributed by atoms with Gasteiger partial charge in [0.25, 0.3) is 5.92 Å². The summed E-state index contributed by atoms with van der Waals surface area (Å²) in [6, 6.07) is 0. The molecular formula is C8H13F2N. The molecule has 2 aliphatic carbocycles. The van der Waals surface area contributed by atoms with Gasteiger partial charge in [0.1, 0.15) is 0 Å².